The molecule has 0 radical (unpaired) electrons. The molecule has 0 fully saturated rings. The lowest BCUT2D eigenvalue weighted by Crippen LogP contribution is -2.31. The van der Waals surface area contributed by atoms with Crippen molar-refractivity contribution in [1.29, 1.82) is 0 Å². The molecule has 0 N–H and O–H groups in total. The summed E-state index contributed by atoms with van der Waals surface area (Å²) in [5, 5.41) is 4.09. The molecule has 1 aromatic heterocycles. The Balaban J connectivity index is 1.48. The SMILES string of the molecule is CCN(Cc1nc(-c2ccc(C)cc2)no1)C(=O)c1ccccc1CCc1ccccc1. The summed E-state index contributed by atoms with van der Waals surface area (Å²) >= 11 is 0. The van der Waals surface area contributed by atoms with Crippen LogP contribution in [0, 0.1) is 6.92 Å². The summed E-state index contributed by atoms with van der Waals surface area (Å²) in [5.41, 5.74) is 5.10. The predicted octanol–water partition coefficient (Wildman–Crippen LogP) is 5.49. The molecule has 0 aliphatic heterocycles. The molecule has 0 saturated heterocycles. The summed E-state index contributed by atoms with van der Waals surface area (Å²) in [6.45, 7) is 4.82. The van der Waals surface area contributed by atoms with E-state index in [9.17, 15) is 4.79 Å². The maximum Gasteiger partial charge on any atom is 0.254 e. The number of carbonyl (C=O) groups is 1. The third-order valence-electron chi connectivity index (χ3n) is 5.55. The van der Waals surface area contributed by atoms with Crippen molar-refractivity contribution >= 4 is 5.91 Å². The van der Waals surface area contributed by atoms with Crippen LogP contribution in [0.5, 0.6) is 0 Å². The van der Waals surface area contributed by atoms with Gasteiger partial charge >= 0.3 is 0 Å². The topological polar surface area (TPSA) is 59.2 Å². The summed E-state index contributed by atoms with van der Waals surface area (Å²) in [6, 6.07) is 26.1. The number of rotatable bonds is 8. The molecule has 4 aromatic rings. The van der Waals surface area contributed by atoms with Crippen molar-refractivity contribution in [3.8, 4) is 11.4 Å². The van der Waals surface area contributed by atoms with E-state index in [0.29, 0.717) is 18.3 Å². The molecule has 3 aromatic carbocycles. The summed E-state index contributed by atoms with van der Waals surface area (Å²) in [7, 11) is 0. The van der Waals surface area contributed by atoms with Crippen molar-refractivity contribution in [3.63, 3.8) is 0 Å². The number of nitrogens with zero attached hydrogens (tertiary/aromatic N) is 3. The average Bonchev–Trinajstić information content (AvgIpc) is 3.31. The van der Waals surface area contributed by atoms with Crippen LogP contribution in [0.25, 0.3) is 11.4 Å². The van der Waals surface area contributed by atoms with Crippen molar-refractivity contribution in [2.45, 2.75) is 33.2 Å². The largest absolute Gasteiger partial charge is 0.337 e. The first-order valence-corrected chi connectivity index (χ1v) is 10.9. The van der Waals surface area contributed by atoms with Gasteiger partial charge in [0.05, 0.1) is 0 Å². The normalized spacial score (nSPS) is 10.8. The van der Waals surface area contributed by atoms with E-state index in [1.165, 1.54) is 11.1 Å². The Morgan fingerprint density at radius 1 is 0.906 bits per heavy atom. The number of hydrogen-bond donors (Lipinski definition) is 0. The number of amides is 1. The van der Waals surface area contributed by atoms with Gasteiger partial charge in [-0.3, -0.25) is 4.79 Å². The fourth-order valence-electron chi connectivity index (χ4n) is 3.67. The zero-order valence-corrected chi connectivity index (χ0v) is 18.5. The second kappa shape index (κ2) is 10.1. The molecule has 5 heteroatoms. The fraction of sp³-hybridized carbons (Fsp3) is 0.222. The van der Waals surface area contributed by atoms with Gasteiger partial charge in [-0.25, -0.2) is 0 Å². The van der Waals surface area contributed by atoms with Gasteiger partial charge in [-0.2, -0.15) is 4.98 Å². The molecule has 0 bridgehead atoms. The second-order valence-electron chi connectivity index (χ2n) is 7.84. The van der Waals surface area contributed by atoms with Crippen LogP contribution in [0.15, 0.2) is 83.4 Å². The molecule has 5 nitrogen and oxygen atoms in total. The lowest BCUT2D eigenvalue weighted by Gasteiger charge is -2.20. The van der Waals surface area contributed by atoms with E-state index in [0.717, 1.165) is 29.5 Å². The van der Waals surface area contributed by atoms with Gasteiger partial charge in [-0.05, 0) is 43.9 Å². The Morgan fingerprint density at radius 3 is 2.38 bits per heavy atom. The number of benzene rings is 3. The molecule has 32 heavy (non-hydrogen) atoms. The molecule has 1 heterocycles. The van der Waals surface area contributed by atoms with E-state index in [1.54, 1.807) is 4.90 Å². The third kappa shape index (κ3) is 5.11. The standard InChI is InChI=1S/C27H27N3O2/c1-3-30(19-25-28-26(29-32-25)23-16-13-20(2)14-17-23)27(31)24-12-8-7-11-22(24)18-15-21-9-5-4-6-10-21/h4-14,16-17H,3,15,18-19H2,1-2H3. The Morgan fingerprint density at radius 2 is 1.62 bits per heavy atom. The maximum absolute atomic E-state index is 13.4. The second-order valence-corrected chi connectivity index (χ2v) is 7.84. The van der Waals surface area contributed by atoms with Crippen molar-refractivity contribution in [3.05, 3.63) is 107 Å². The molecule has 1 amide bonds. The van der Waals surface area contributed by atoms with Crippen molar-refractivity contribution < 1.29 is 9.32 Å². The minimum atomic E-state index is -0.0220. The van der Waals surface area contributed by atoms with Crippen molar-refractivity contribution in [2.24, 2.45) is 0 Å². The Labute approximate surface area is 188 Å². The van der Waals surface area contributed by atoms with Crippen LogP contribution in [0.3, 0.4) is 0 Å². The van der Waals surface area contributed by atoms with Crippen molar-refractivity contribution in [1.82, 2.24) is 15.0 Å². The molecule has 0 spiro atoms. The Hall–Kier alpha value is -3.73. The van der Waals surface area contributed by atoms with Crippen LogP contribution >= 0.6 is 0 Å². The first kappa shape index (κ1) is 21.5. The quantitative estimate of drug-likeness (QED) is 0.374. The van der Waals surface area contributed by atoms with Gasteiger partial charge in [0.2, 0.25) is 11.7 Å². The molecular weight excluding hydrogens is 398 g/mol. The van der Waals surface area contributed by atoms with Gasteiger partial charge in [0.15, 0.2) is 0 Å². The van der Waals surface area contributed by atoms with Gasteiger partial charge in [-0.15, -0.1) is 0 Å². The zero-order valence-electron chi connectivity index (χ0n) is 18.5. The summed E-state index contributed by atoms with van der Waals surface area (Å²) < 4.78 is 5.45. The van der Waals surface area contributed by atoms with E-state index >= 15 is 0 Å². The molecule has 4 rings (SSSR count). The molecule has 0 aliphatic rings. The summed E-state index contributed by atoms with van der Waals surface area (Å²) in [5.74, 6) is 0.940. The van der Waals surface area contributed by atoms with Gasteiger partial charge in [0.1, 0.15) is 6.54 Å². The van der Waals surface area contributed by atoms with E-state index in [1.807, 2.05) is 80.6 Å². The highest BCUT2D eigenvalue weighted by Gasteiger charge is 2.20. The van der Waals surface area contributed by atoms with Crippen LogP contribution in [0.4, 0.5) is 0 Å². The predicted molar refractivity (Wildman–Crippen MR) is 125 cm³/mol. The minimum Gasteiger partial charge on any atom is -0.337 e. The summed E-state index contributed by atoms with van der Waals surface area (Å²) in [4.78, 5) is 19.6. The van der Waals surface area contributed by atoms with Crippen LogP contribution < -0.4 is 0 Å². The van der Waals surface area contributed by atoms with Gasteiger partial charge in [0.25, 0.3) is 5.91 Å². The molecule has 0 aliphatic carbocycles. The van der Waals surface area contributed by atoms with Gasteiger partial charge in [-0.1, -0.05) is 83.5 Å². The lowest BCUT2D eigenvalue weighted by molar-refractivity contribution is 0.0733. The number of carbonyl (C=O) groups excluding carboxylic acids is 1. The zero-order chi connectivity index (χ0) is 22.3. The lowest BCUT2D eigenvalue weighted by atomic mass is 9.99. The average molecular weight is 426 g/mol. The Bertz CT molecular complexity index is 1170. The maximum atomic E-state index is 13.4. The van der Waals surface area contributed by atoms with E-state index in [2.05, 4.69) is 22.3 Å². The molecular formula is C27H27N3O2. The van der Waals surface area contributed by atoms with E-state index < -0.39 is 0 Å². The molecule has 0 saturated carbocycles. The van der Waals surface area contributed by atoms with E-state index in [-0.39, 0.29) is 12.5 Å². The molecule has 0 unspecified atom stereocenters. The number of aromatic nitrogens is 2. The number of hydrogen-bond acceptors (Lipinski definition) is 4. The van der Waals surface area contributed by atoms with Crippen molar-refractivity contribution in [2.75, 3.05) is 6.54 Å². The van der Waals surface area contributed by atoms with Crippen LogP contribution in [-0.2, 0) is 19.4 Å². The smallest absolute Gasteiger partial charge is 0.254 e. The van der Waals surface area contributed by atoms with E-state index in [4.69, 9.17) is 4.52 Å². The van der Waals surface area contributed by atoms with Gasteiger partial charge < -0.3 is 9.42 Å². The summed E-state index contributed by atoms with van der Waals surface area (Å²) in [6.07, 6.45) is 1.70. The first-order chi connectivity index (χ1) is 15.6. The highest BCUT2D eigenvalue weighted by Crippen LogP contribution is 2.19. The van der Waals surface area contributed by atoms with Crippen LogP contribution in [0.2, 0.25) is 0 Å². The highest BCUT2D eigenvalue weighted by molar-refractivity contribution is 5.95. The minimum absolute atomic E-state index is 0.0220. The fourth-order valence-corrected chi connectivity index (χ4v) is 3.67. The number of aryl methyl sites for hydroxylation is 3. The first-order valence-electron chi connectivity index (χ1n) is 10.9. The van der Waals surface area contributed by atoms with Crippen LogP contribution in [0.1, 0.15) is 39.9 Å². The molecule has 162 valence electrons. The Kier molecular flexibility index (Phi) is 6.75. The van der Waals surface area contributed by atoms with Crippen LogP contribution in [-0.4, -0.2) is 27.5 Å². The highest BCUT2D eigenvalue weighted by atomic mass is 16.5. The monoisotopic (exact) mass is 425 g/mol. The molecule has 0 atom stereocenters. The van der Waals surface area contributed by atoms with Gasteiger partial charge in [0, 0.05) is 17.7 Å². The third-order valence-corrected chi connectivity index (χ3v) is 5.55.